The Hall–Kier alpha value is -2.77. The van der Waals surface area contributed by atoms with Crippen LogP contribution in [0.2, 0.25) is 0 Å². The summed E-state index contributed by atoms with van der Waals surface area (Å²) in [5.41, 5.74) is 7.08. The molecule has 2 aromatic rings. The zero-order chi connectivity index (χ0) is 19.0. The Morgan fingerprint density at radius 3 is 2.42 bits per heavy atom. The summed E-state index contributed by atoms with van der Waals surface area (Å²) in [6, 6.07) is 7.92. The third-order valence-electron chi connectivity index (χ3n) is 4.43. The maximum atomic E-state index is 12.8. The summed E-state index contributed by atoms with van der Waals surface area (Å²) in [5, 5.41) is 3.99. The van der Waals surface area contributed by atoms with Gasteiger partial charge in [0.25, 0.3) is 11.8 Å². The molecule has 1 heterocycles. The number of carbonyl (C=O) groups excluding carboxylic acids is 3. The van der Waals surface area contributed by atoms with Gasteiger partial charge in [-0.05, 0) is 39.2 Å². The molecule has 1 unspecified atom stereocenters. The van der Waals surface area contributed by atoms with Crippen LogP contribution in [0.15, 0.2) is 30.3 Å². The van der Waals surface area contributed by atoms with Crippen LogP contribution >= 0.6 is 0 Å². The van der Waals surface area contributed by atoms with E-state index in [1.807, 2.05) is 19.0 Å². The van der Waals surface area contributed by atoms with Crippen LogP contribution in [0.25, 0.3) is 10.8 Å². The Bertz CT molecular complexity index is 883. The maximum absolute atomic E-state index is 12.8. The number of hydrogen-bond acceptors (Lipinski definition) is 5. The van der Waals surface area contributed by atoms with Gasteiger partial charge in [-0.15, -0.1) is 0 Å². The van der Waals surface area contributed by atoms with Crippen LogP contribution in [0.5, 0.6) is 0 Å². The first-order valence-corrected chi connectivity index (χ1v) is 8.44. The van der Waals surface area contributed by atoms with E-state index < -0.39 is 6.04 Å². The fraction of sp³-hybridized carbons (Fsp3) is 0.316. The van der Waals surface area contributed by atoms with Crippen molar-refractivity contribution >= 4 is 34.2 Å². The summed E-state index contributed by atoms with van der Waals surface area (Å²) >= 11 is 0. The highest BCUT2D eigenvalue weighted by Crippen LogP contribution is 2.34. The van der Waals surface area contributed by atoms with E-state index in [0.29, 0.717) is 40.7 Å². The number of hydrogen-bond donors (Lipinski definition) is 2. The van der Waals surface area contributed by atoms with Gasteiger partial charge in [-0.3, -0.25) is 19.3 Å². The van der Waals surface area contributed by atoms with Crippen molar-refractivity contribution in [3.63, 3.8) is 0 Å². The van der Waals surface area contributed by atoms with E-state index in [1.165, 1.54) is 4.90 Å². The van der Waals surface area contributed by atoms with E-state index in [-0.39, 0.29) is 17.7 Å². The molecule has 0 spiro atoms. The molecule has 3 N–H and O–H groups in total. The predicted molar refractivity (Wildman–Crippen MR) is 100 cm³/mol. The lowest BCUT2D eigenvalue weighted by atomic mass is 9.93. The number of nitrogens with one attached hydrogen (secondary N) is 1. The number of imide groups is 1. The third-order valence-corrected chi connectivity index (χ3v) is 4.43. The molecule has 0 saturated carbocycles. The molecule has 0 aliphatic carbocycles. The average Bonchev–Trinajstić information content (AvgIpc) is 2.60. The highest BCUT2D eigenvalue weighted by molar-refractivity contribution is 6.27. The lowest BCUT2D eigenvalue weighted by molar-refractivity contribution is -0.117. The van der Waals surface area contributed by atoms with Crippen molar-refractivity contribution in [3.05, 3.63) is 41.5 Å². The summed E-state index contributed by atoms with van der Waals surface area (Å²) < 4.78 is 0. The summed E-state index contributed by atoms with van der Waals surface area (Å²) in [6.07, 6.45) is 0. The van der Waals surface area contributed by atoms with Crippen LogP contribution in [0, 0.1) is 0 Å². The number of benzene rings is 2. The van der Waals surface area contributed by atoms with E-state index in [9.17, 15) is 14.4 Å². The molecule has 1 atom stereocenters. The van der Waals surface area contributed by atoms with Crippen LogP contribution in [0.4, 0.5) is 5.69 Å². The SMILES string of the molecule is CC(N)C(=O)Nc1ccc2c3c(cccc13)C(=O)N(CCN(C)C)C2=O. The van der Waals surface area contributed by atoms with Gasteiger partial charge in [0.15, 0.2) is 0 Å². The lowest BCUT2D eigenvalue weighted by Crippen LogP contribution is -2.43. The Morgan fingerprint density at radius 1 is 1.15 bits per heavy atom. The first kappa shape index (κ1) is 18.0. The van der Waals surface area contributed by atoms with Gasteiger partial charge in [-0.1, -0.05) is 12.1 Å². The van der Waals surface area contributed by atoms with Crippen molar-refractivity contribution in [2.45, 2.75) is 13.0 Å². The molecule has 1 aliphatic heterocycles. The monoisotopic (exact) mass is 354 g/mol. The predicted octanol–water partition coefficient (Wildman–Crippen LogP) is 1.28. The average molecular weight is 354 g/mol. The van der Waals surface area contributed by atoms with E-state index in [4.69, 9.17) is 5.73 Å². The van der Waals surface area contributed by atoms with Gasteiger partial charge in [-0.2, -0.15) is 0 Å². The molecule has 7 nitrogen and oxygen atoms in total. The number of carbonyl (C=O) groups is 3. The number of likely N-dealkylation sites (N-methyl/N-ethyl adjacent to an activating group) is 1. The zero-order valence-corrected chi connectivity index (χ0v) is 15.1. The largest absolute Gasteiger partial charge is 0.324 e. The van der Waals surface area contributed by atoms with Gasteiger partial charge in [-0.25, -0.2) is 0 Å². The molecule has 0 saturated heterocycles. The highest BCUT2D eigenvalue weighted by Gasteiger charge is 2.33. The van der Waals surface area contributed by atoms with Gasteiger partial charge in [0, 0.05) is 40.7 Å². The minimum Gasteiger partial charge on any atom is -0.324 e. The molecule has 7 heteroatoms. The van der Waals surface area contributed by atoms with Crippen LogP contribution < -0.4 is 11.1 Å². The van der Waals surface area contributed by atoms with Gasteiger partial charge < -0.3 is 16.0 Å². The Balaban J connectivity index is 2.08. The first-order chi connectivity index (χ1) is 12.3. The minimum absolute atomic E-state index is 0.314. The van der Waals surface area contributed by atoms with Crippen molar-refractivity contribution < 1.29 is 14.4 Å². The van der Waals surface area contributed by atoms with Crippen LogP contribution in [-0.4, -0.2) is 60.7 Å². The molecule has 0 radical (unpaired) electrons. The fourth-order valence-electron chi connectivity index (χ4n) is 3.00. The number of rotatable bonds is 5. The smallest absolute Gasteiger partial charge is 0.261 e. The summed E-state index contributed by atoms with van der Waals surface area (Å²) in [5.74, 6) is -0.956. The standard InChI is InChI=1S/C19H22N4O3/c1-11(20)17(24)21-15-8-7-14-16-12(15)5-4-6-13(16)18(25)23(19(14)26)10-9-22(2)3/h4-8,11H,9-10,20H2,1-3H3,(H,21,24). The van der Waals surface area contributed by atoms with E-state index in [1.54, 1.807) is 37.3 Å². The number of anilines is 1. The molecule has 0 fully saturated rings. The fourth-order valence-corrected chi connectivity index (χ4v) is 3.00. The molecule has 1 aliphatic rings. The summed E-state index contributed by atoms with van der Waals surface area (Å²) in [6.45, 7) is 2.51. The molecule has 26 heavy (non-hydrogen) atoms. The molecule has 0 aromatic heterocycles. The van der Waals surface area contributed by atoms with E-state index >= 15 is 0 Å². The Labute approximate surface area is 151 Å². The van der Waals surface area contributed by atoms with Gasteiger partial charge in [0.05, 0.1) is 6.04 Å². The molecule has 3 amide bonds. The minimum atomic E-state index is -0.661. The second-order valence-corrected chi connectivity index (χ2v) is 6.73. The van der Waals surface area contributed by atoms with Crippen molar-refractivity contribution in [1.29, 1.82) is 0 Å². The van der Waals surface area contributed by atoms with Gasteiger partial charge in [0.2, 0.25) is 5.91 Å². The molecule has 3 rings (SSSR count). The van der Waals surface area contributed by atoms with E-state index in [0.717, 1.165) is 0 Å². The van der Waals surface area contributed by atoms with Gasteiger partial charge in [0.1, 0.15) is 0 Å². The molecule has 0 bridgehead atoms. The van der Waals surface area contributed by atoms with Crippen LogP contribution in [0.1, 0.15) is 27.6 Å². The molecule has 2 aromatic carbocycles. The number of nitrogens with two attached hydrogens (primary N) is 1. The van der Waals surface area contributed by atoms with Crippen molar-refractivity contribution in [3.8, 4) is 0 Å². The molecule has 136 valence electrons. The molecular formula is C19H22N4O3. The summed E-state index contributed by atoms with van der Waals surface area (Å²) in [7, 11) is 3.78. The third kappa shape index (κ3) is 3.07. The number of amides is 3. The van der Waals surface area contributed by atoms with Crippen molar-refractivity contribution in [1.82, 2.24) is 9.80 Å². The highest BCUT2D eigenvalue weighted by atomic mass is 16.2. The Kier molecular flexibility index (Phi) is 4.76. The zero-order valence-electron chi connectivity index (χ0n) is 15.1. The van der Waals surface area contributed by atoms with Gasteiger partial charge >= 0.3 is 0 Å². The normalized spacial score (nSPS) is 14.9. The van der Waals surface area contributed by atoms with E-state index in [2.05, 4.69) is 5.32 Å². The first-order valence-electron chi connectivity index (χ1n) is 8.44. The number of nitrogens with zero attached hydrogens (tertiary/aromatic N) is 2. The van der Waals surface area contributed by atoms with Crippen molar-refractivity contribution in [2.24, 2.45) is 5.73 Å². The lowest BCUT2D eigenvalue weighted by Gasteiger charge is -2.28. The second-order valence-electron chi connectivity index (χ2n) is 6.73. The quantitative estimate of drug-likeness (QED) is 0.789. The van der Waals surface area contributed by atoms with Crippen LogP contribution in [-0.2, 0) is 4.79 Å². The second kappa shape index (κ2) is 6.86. The summed E-state index contributed by atoms with van der Waals surface area (Å²) in [4.78, 5) is 40.8. The maximum Gasteiger partial charge on any atom is 0.261 e. The van der Waals surface area contributed by atoms with Crippen LogP contribution in [0.3, 0.4) is 0 Å². The topological polar surface area (TPSA) is 95.7 Å². The Morgan fingerprint density at radius 2 is 1.81 bits per heavy atom. The van der Waals surface area contributed by atoms with Crippen molar-refractivity contribution in [2.75, 3.05) is 32.5 Å². The molecular weight excluding hydrogens is 332 g/mol.